The molecule has 1 aromatic heterocycles. The van der Waals surface area contributed by atoms with Crippen LogP contribution in [0.15, 0.2) is 35.8 Å². The number of hydrogen-bond acceptors (Lipinski definition) is 5. The fraction of sp³-hybridized carbons (Fsp3) is 0.100. The zero-order valence-corrected chi connectivity index (χ0v) is 8.61. The van der Waals surface area contributed by atoms with Crippen LogP contribution in [0.2, 0.25) is 0 Å². The van der Waals surface area contributed by atoms with E-state index in [1.54, 1.807) is 0 Å². The monoisotopic (exact) mass is 220 g/mol. The van der Waals surface area contributed by atoms with Gasteiger partial charge in [-0.2, -0.15) is 0 Å². The van der Waals surface area contributed by atoms with Gasteiger partial charge < -0.3 is 4.74 Å². The van der Waals surface area contributed by atoms with Crippen molar-refractivity contribution in [1.82, 2.24) is 10.2 Å². The number of ether oxygens (including phenoxy) is 1. The van der Waals surface area contributed by atoms with E-state index in [2.05, 4.69) is 10.2 Å². The molecule has 0 aliphatic carbocycles. The minimum absolute atomic E-state index is 0.263. The fourth-order valence-electron chi connectivity index (χ4n) is 1.05. The second kappa shape index (κ2) is 4.65. The van der Waals surface area contributed by atoms with E-state index in [-0.39, 0.29) is 11.6 Å². The summed E-state index contributed by atoms with van der Waals surface area (Å²) in [5, 5.41) is 7.47. The first-order chi connectivity index (χ1) is 7.36. The number of carbonyl (C=O) groups is 1. The SMILES string of the molecule is O=C(OCc1ccccc1)c1nncs1. The normalized spacial score (nSPS) is 9.87. The highest BCUT2D eigenvalue weighted by atomic mass is 32.1. The molecule has 0 spiro atoms. The van der Waals surface area contributed by atoms with E-state index in [0.29, 0.717) is 0 Å². The van der Waals surface area contributed by atoms with Crippen LogP contribution >= 0.6 is 11.3 Å². The van der Waals surface area contributed by atoms with Crippen LogP contribution in [-0.2, 0) is 11.3 Å². The molecule has 0 amide bonds. The molecule has 0 atom stereocenters. The minimum Gasteiger partial charge on any atom is -0.455 e. The van der Waals surface area contributed by atoms with Crippen molar-refractivity contribution in [3.8, 4) is 0 Å². The van der Waals surface area contributed by atoms with E-state index < -0.39 is 5.97 Å². The third-order valence-electron chi connectivity index (χ3n) is 1.75. The van der Waals surface area contributed by atoms with E-state index >= 15 is 0 Å². The van der Waals surface area contributed by atoms with Crippen molar-refractivity contribution in [3.05, 3.63) is 46.4 Å². The summed E-state index contributed by atoms with van der Waals surface area (Å²) in [6, 6.07) is 9.50. The number of hydrogen-bond donors (Lipinski definition) is 0. The van der Waals surface area contributed by atoms with E-state index in [0.717, 1.165) is 5.56 Å². The Morgan fingerprint density at radius 1 is 1.33 bits per heavy atom. The van der Waals surface area contributed by atoms with E-state index in [1.807, 2.05) is 30.3 Å². The standard InChI is InChI=1S/C10H8N2O2S/c13-10(9-12-11-7-15-9)14-6-8-4-2-1-3-5-8/h1-5,7H,6H2. The molecule has 76 valence electrons. The maximum Gasteiger partial charge on any atom is 0.369 e. The first-order valence-electron chi connectivity index (χ1n) is 4.33. The maximum absolute atomic E-state index is 11.4. The lowest BCUT2D eigenvalue weighted by Crippen LogP contribution is -2.04. The summed E-state index contributed by atoms with van der Waals surface area (Å²) in [6.45, 7) is 0.263. The predicted octanol–water partition coefficient (Wildman–Crippen LogP) is 1.90. The number of rotatable bonds is 3. The van der Waals surface area contributed by atoms with Crippen LogP contribution in [0.25, 0.3) is 0 Å². The van der Waals surface area contributed by atoms with Crippen LogP contribution < -0.4 is 0 Å². The Morgan fingerprint density at radius 2 is 2.13 bits per heavy atom. The lowest BCUT2D eigenvalue weighted by atomic mass is 10.2. The Labute approximate surface area is 90.5 Å². The molecule has 0 bridgehead atoms. The molecule has 0 fully saturated rings. The summed E-state index contributed by atoms with van der Waals surface area (Å²) in [5.74, 6) is -0.429. The van der Waals surface area contributed by atoms with Crippen LogP contribution in [0.3, 0.4) is 0 Å². The quantitative estimate of drug-likeness (QED) is 0.741. The van der Waals surface area contributed by atoms with E-state index in [4.69, 9.17) is 4.74 Å². The summed E-state index contributed by atoms with van der Waals surface area (Å²) >= 11 is 1.17. The summed E-state index contributed by atoms with van der Waals surface area (Å²) in [4.78, 5) is 11.4. The first-order valence-corrected chi connectivity index (χ1v) is 5.21. The molecule has 5 heteroatoms. The summed E-state index contributed by atoms with van der Waals surface area (Å²) in [6.07, 6.45) is 0. The number of aromatic nitrogens is 2. The van der Waals surface area contributed by atoms with Crippen molar-refractivity contribution in [2.24, 2.45) is 0 Å². The number of benzene rings is 1. The van der Waals surface area contributed by atoms with Crippen molar-refractivity contribution < 1.29 is 9.53 Å². The molecule has 15 heavy (non-hydrogen) atoms. The van der Waals surface area contributed by atoms with Crippen LogP contribution in [0.4, 0.5) is 0 Å². The van der Waals surface area contributed by atoms with Crippen molar-refractivity contribution in [1.29, 1.82) is 0 Å². The average Bonchev–Trinajstić information content (AvgIpc) is 2.81. The minimum atomic E-state index is -0.429. The zero-order valence-electron chi connectivity index (χ0n) is 7.79. The highest BCUT2D eigenvalue weighted by molar-refractivity contribution is 7.11. The predicted molar refractivity (Wildman–Crippen MR) is 55.5 cm³/mol. The van der Waals surface area contributed by atoms with Crippen molar-refractivity contribution in [2.75, 3.05) is 0 Å². The van der Waals surface area contributed by atoms with Gasteiger partial charge in [0.2, 0.25) is 5.01 Å². The highest BCUT2D eigenvalue weighted by Gasteiger charge is 2.10. The van der Waals surface area contributed by atoms with Gasteiger partial charge in [0.25, 0.3) is 0 Å². The third-order valence-corrected chi connectivity index (χ3v) is 2.42. The van der Waals surface area contributed by atoms with Gasteiger partial charge in [-0.3, -0.25) is 0 Å². The molecular weight excluding hydrogens is 212 g/mol. The summed E-state index contributed by atoms with van der Waals surface area (Å²) in [7, 11) is 0. The number of nitrogens with zero attached hydrogens (tertiary/aromatic N) is 2. The van der Waals surface area contributed by atoms with Crippen molar-refractivity contribution >= 4 is 17.3 Å². The molecule has 0 saturated carbocycles. The largest absolute Gasteiger partial charge is 0.455 e. The first kappa shape index (κ1) is 9.79. The molecule has 4 nitrogen and oxygen atoms in total. The molecule has 0 saturated heterocycles. The smallest absolute Gasteiger partial charge is 0.369 e. The Kier molecular flexibility index (Phi) is 3.04. The van der Waals surface area contributed by atoms with Gasteiger partial charge in [0.05, 0.1) is 0 Å². The zero-order chi connectivity index (χ0) is 10.5. The van der Waals surface area contributed by atoms with E-state index in [9.17, 15) is 4.79 Å². The Balaban J connectivity index is 1.92. The topological polar surface area (TPSA) is 52.1 Å². The molecule has 0 aliphatic heterocycles. The Hall–Kier alpha value is -1.75. The third kappa shape index (κ3) is 2.60. The van der Waals surface area contributed by atoms with Gasteiger partial charge in [-0.1, -0.05) is 41.7 Å². The average molecular weight is 220 g/mol. The summed E-state index contributed by atoms with van der Waals surface area (Å²) < 4.78 is 5.04. The second-order valence-corrected chi connectivity index (χ2v) is 3.64. The molecule has 0 aliphatic rings. The van der Waals surface area contributed by atoms with Crippen molar-refractivity contribution in [2.45, 2.75) is 6.61 Å². The maximum atomic E-state index is 11.4. The molecular formula is C10H8N2O2S. The fourth-order valence-corrected chi connectivity index (χ4v) is 1.49. The molecule has 0 radical (unpaired) electrons. The summed E-state index contributed by atoms with van der Waals surface area (Å²) in [5.41, 5.74) is 2.45. The van der Waals surface area contributed by atoms with Gasteiger partial charge in [0, 0.05) is 0 Å². The lowest BCUT2D eigenvalue weighted by Gasteiger charge is -2.01. The van der Waals surface area contributed by atoms with Gasteiger partial charge in [-0.25, -0.2) is 4.79 Å². The van der Waals surface area contributed by atoms with Gasteiger partial charge in [0.15, 0.2) is 0 Å². The highest BCUT2D eigenvalue weighted by Crippen LogP contribution is 2.06. The molecule has 0 unspecified atom stereocenters. The van der Waals surface area contributed by atoms with Crippen molar-refractivity contribution in [3.63, 3.8) is 0 Å². The lowest BCUT2D eigenvalue weighted by molar-refractivity contribution is 0.0471. The second-order valence-electron chi connectivity index (χ2n) is 2.81. The number of esters is 1. The molecule has 1 heterocycles. The van der Waals surface area contributed by atoms with Crippen LogP contribution in [0, 0.1) is 0 Å². The van der Waals surface area contributed by atoms with Crippen LogP contribution in [0.5, 0.6) is 0 Å². The van der Waals surface area contributed by atoms with Gasteiger partial charge in [-0.15, -0.1) is 10.2 Å². The van der Waals surface area contributed by atoms with Gasteiger partial charge in [-0.05, 0) is 5.56 Å². The Bertz CT molecular complexity index is 428. The Morgan fingerprint density at radius 3 is 2.80 bits per heavy atom. The van der Waals surface area contributed by atoms with Crippen LogP contribution in [0.1, 0.15) is 15.4 Å². The molecule has 1 aromatic carbocycles. The van der Waals surface area contributed by atoms with E-state index in [1.165, 1.54) is 16.8 Å². The van der Waals surface area contributed by atoms with Crippen LogP contribution in [-0.4, -0.2) is 16.2 Å². The number of carbonyl (C=O) groups excluding carboxylic acids is 1. The molecule has 2 aromatic rings. The van der Waals surface area contributed by atoms with Gasteiger partial charge >= 0.3 is 5.97 Å². The van der Waals surface area contributed by atoms with Gasteiger partial charge in [0.1, 0.15) is 12.1 Å². The molecule has 0 N–H and O–H groups in total. The molecule has 2 rings (SSSR count).